The minimum absolute atomic E-state index is 0.109. The zero-order valence-corrected chi connectivity index (χ0v) is 15.5. The van der Waals surface area contributed by atoms with Crippen molar-refractivity contribution in [1.82, 2.24) is 5.32 Å². The molecule has 0 radical (unpaired) electrons. The van der Waals surface area contributed by atoms with Crippen molar-refractivity contribution in [2.75, 3.05) is 11.4 Å². The number of carbonyl (C=O) groups excluding carboxylic acids is 2. The van der Waals surface area contributed by atoms with Crippen molar-refractivity contribution in [1.29, 1.82) is 0 Å². The molecule has 142 valence electrons. The van der Waals surface area contributed by atoms with E-state index in [4.69, 9.17) is 5.14 Å². The molecule has 0 spiro atoms. The summed E-state index contributed by atoms with van der Waals surface area (Å²) in [5.74, 6) is -0.327. The van der Waals surface area contributed by atoms with Crippen molar-refractivity contribution in [2.45, 2.75) is 25.1 Å². The molecule has 8 heteroatoms. The molecule has 0 saturated carbocycles. The Morgan fingerprint density at radius 3 is 2.22 bits per heavy atom. The number of nitrogens with one attached hydrogen (secondary N) is 1. The van der Waals surface area contributed by atoms with E-state index in [-0.39, 0.29) is 17.6 Å². The summed E-state index contributed by atoms with van der Waals surface area (Å²) in [6.45, 7) is 1.03. The van der Waals surface area contributed by atoms with Gasteiger partial charge >= 0.3 is 0 Å². The van der Waals surface area contributed by atoms with Crippen LogP contribution in [0.2, 0.25) is 0 Å². The van der Waals surface area contributed by atoms with Crippen LogP contribution in [-0.4, -0.2) is 26.8 Å². The summed E-state index contributed by atoms with van der Waals surface area (Å²) in [6.07, 6.45) is 1.43. The maximum atomic E-state index is 12.3. The third-order valence-electron chi connectivity index (χ3n) is 4.36. The van der Waals surface area contributed by atoms with E-state index in [1.165, 1.54) is 0 Å². The van der Waals surface area contributed by atoms with Crippen molar-refractivity contribution in [3.8, 4) is 0 Å². The van der Waals surface area contributed by atoms with E-state index in [0.717, 1.165) is 17.7 Å². The molecule has 2 amide bonds. The average Bonchev–Trinajstić information content (AvgIpc) is 3.06. The van der Waals surface area contributed by atoms with E-state index >= 15 is 0 Å². The lowest BCUT2D eigenvalue weighted by molar-refractivity contribution is -0.117. The predicted molar refractivity (Wildman–Crippen MR) is 102 cm³/mol. The molecule has 0 bridgehead atoms. The van der Waals surface area contributed by atoms with Crippen molar-refractivity contribution in [2.24, 2.45) is 5.14 Å². The number of primary sulfonamides is 1. The zero-order chi connectivity index (χ0) is 19.4. The number of anilines is 1. The molecule has 0 aliphatic carbocycles. The van der Waals surface area contributed by atoms with Gasteiger partial charge in [0.05, 0.1) is 5.75 Å². The van der Waals surface area contributed by atoms with Crippen LogP contribution in [0.5, 0.6) is 0 Å². The van der Waals surface area contributed by atoms with Crippen molar-refractivity contribution in [3.05, 3.63) is 65.2 Å². The highest BCUT2D eigenvalue weighted by atomic mass is 32.2. The first-order valence-electron chi connectivity index (χ1n) is 8.59. The molecule has 2 aromatic carbocycles. The highest BCUT2D eigenvalue weighted by Crippen LogP contribution is 2.21. The summed E-state index contributed by atoms with van der Waals surface area (Å²) in [5, 5.41) is 7.84. The van der Waals surface area contributed by atoms with Gasteiger partial charge in [0.15, 0.2) is 0 Å². The van der Waals surface area contributed by atoms with Crippen molar-refractivity contribution >= 4 is 27.5 Å². The minimum atomic E-state index is -3.56. The summed E-state index contributed by atoms with van der Waals surface area (Å²) in [5.41, 5.74) is 2.76. The number of hydrogen-bond acceptors (Lipinski definition) is 4. The molecule has 0 unspecified atom stereocenters. The molecule has 1 heterocycles. The van der Waals surface area contributed by atoms with Gasteiger partial charge in [-0.15, -0.1) is 0 Å². The van der Waals surface area contributed by atoms with Gasteiger partial charge in [-0.05, 0) is 41.8 Å². The molecule has 3 N–H and O–H groups in total. The smallest absolute Gasteiger partial charge is 0.251 e. The van der Waals surface area contributed by atoms with Crippen molar-refractivity contribution in [3.63, 3.8) is 0 Å². The second kappa shape index (κ2) is 7.89. The van der Waals surface area contributed by atoms with E-state index in [9.17, 15) is 18.0 Å². The molecule has 2 aromatic rings. The van der Waals surface area contributed by atoms with E-state index in [0.29, 0.717) is 30.6 Å². The molecule has 3 rings (SSSR count). The van der Waals surface area contributed by atoms with E-state index in [1.54, 1.807) is 53.4 Å². The molecule has 7 nitrogen and oxygen atoms in total. The number of nitrogens with zero attached hydrogens (tertiary/aromatic N) is 1. The quantitative estimate of drug-likeness (QED) is 0.783. The van der Waals surface area contributed by atoms with Crippen LogP contribution in [0.1, 0.15) is 34.3 Å². The van der Waals surface area contributed by atoms with Crippen LogP contribution in [0, 0.1) is 0 Å². The lowest BCUT2D eigenvalue weighted by Crippen LogP contribution is -2.25. The second-order valence-corrected chi connectivity index (χ2v) is 8.12. The molecule has 27 heavy (non-hydrogen) atoms. The number of hydrogen-bond donors (Lipinski definition) is 2. The predicted octanol–water partition coefficient (Wildman–Crippen LogP) is 1.53. The monoisotopic (exact) mass is 387 g/mol. The topological polar surface area (TPSA) is 110 Å². The number of carbonyl (C=O) groups is 2. The lowest BCUT2D eigenvalue weighted by Gasteiger charge is -2.15. The van der Waals surface area contributed by atoms with Gasteiger partial charge < -0.3 is 10.2 Å². The number of rotatable bonds is 6. The third-order valence-corrected chi connectivity index (χ3v) is 5.09. The number of amides is 2. The highest BCUT2D eigenvalue weighted by Gasteiger charge is 2.21. The first-order chi connectivity index (χ1) is 12.8. The van der Waals surface area contributed by atoms with E-state index in [1.807, 2.05) is 0 Å². The first kappa shape index (κ1) is 19.1. The van der Waals surface area contributed by atoms with Crippen LogP contribution in [-0.2, 0) is 27.1 Å². The molecular formula is C19H21N3O4S. The van der Waals surface area contributed by atoms with Gasteiger partial charge in [-0.3, -0.25) is 9.59 Å². The Labute approximate surface area is 158 Å². The van der Waals surface area contributed by atoms with Gasteiger partial charge in [-0.1, -0.05) is 24.3 Å². The first-order valence-corrected chi connectivity index (χ1v) is 10.3. The lowest BCUT2D eigenvalue weighted by atomic mass is 10.1. The largest absolute Gasteiger partial charge is 0.348 e. The van der Waals surface area contributed by atoms with Gasteiger partial charge in [0.25, 0.3) is 5.91 Å². The van der Waals surface area contributed by atoms with Crippen LogP contribution in [0.15, 0.2) is 48.5 Å². The molecule has 0 atom stereocenters. The molecule has 1 aliphatic heterocycles. The molecule has 1 saturated heterocycles. The Morgan fingerprint density at radius 2 is 1.67 bits per heavy atom. The normalized spacial score (nSPS) is 14.4. The highest BCUT2D eigenvalue weighted by molar-refractivity contribution is 7.88. The Bertz CT molecular complexity index is 938. The number of nitrogens with two attached hydrogens (primary N) is 1. The average molecular weight is 387 g/mol. The van der Waals surface area contributed by atoms with Crippen LogP contribution >= 0.6 is 0 Å². The summed E-state index contributed by atoms with van der Waals surface area (Å²) in [4.78, 5) is 25.8. The van der Waals surface area contributed by atoms with Crippen LogP contribution < -0.4 is 15.4 Å². The van der Waals surface area contributed by atoms with Gasteiger partial charge in [-0.25, -0.2) is 13.6 Å². The van der Waals surface area contributed by atoms with Crippen LogP contribution in [0.4, 0.5) is 5.69 Å². The fraction of sp³-hybridized carbons (Fsp3) is 0.263. The Hall–Kier alpha value is -2.71. The molecular weight excluding hydrogens is 366 g/mol. The summed E-state index contributed by atoms with van der Waals surface area (Å²) in [7, 11) is -3.56. The second-order valence-electron chi connectivity index (χ2n) is 6.50. The SMILES string of the molecule is NS(=O)(=O)Cc1ccc(CNC(=O)c2ccc(N3CCCC3=O)cc2)cc1. The van der Waals surface area contributed by atoms with E-state index < -0.39 is 10.0 Å². The van der Waals surface area contributed by atoms with Crippen molar-refractivity contribution < 1.29 is 18.0 Å². The van der Waals surface area contributed by atoms with Gasteiger partial charge in [0, 0.05) is 30.8 Å². The maximum absolute atomic E-state index is 12.3. The Kier molecular flexibility index (Phi) is 5.57. The van der Waals surface area contributed by atoms with Gasteiger partial charge in [-0.2, -0.15) is 0 Å². The van der Waals surface area contributed by atoms with Crippen LogP contribution in [0.25, 0.3) is 0 Å². The third kappa shape index (κ3) is 5.15. The number of benzene rings is 2. The fourth-order valence-electron chi connectivity index (χ4n) is 2.98. The van der Waals surface area contributed by atoms with Gasteiger partial charge in [0.2, 0.25) is 15.9 Å². The summed E-state index contributed by atoms with van der Waals surface area (Å²) < 4.78 is 22.2. The fourth-order valence-corrected chi connectivity index (χ4v) is 3.64. The summed E-state index contributed by atoms with van der Waals surface area (Å²) in [6, 6.07) is 13.8. The zero-order valence-electron chi connectivity index (χ0n) is 14.7. The Morgan fingerprint density at radius 1 is 1.04 bits per heavy atom. The van der Waals surface area contributed by atoms with Gasteiger partial charge in [0.1, 0.15) is 0 Å². The maximum Gasteiger partial charge on any atom is 0.251 e. The summed E-state index contributed by atoms with van der Waals surface area (Å²) >= 11 is 0. The van der Waals surface area contributed by atoms with E-state index in [2.05, 4.69) is 5.32 Å². The molecule has 1 fully saturated rings. The minimum Gasteiger partial charge on any atom is -0.348 e. The van der Waals surface area contributed by atoms with Crippen LogP contribution in [0.3, 0.4) is 0 Å². The number of sulfonamides is 1. The molecule has 1 aliphatic rings. The standard InChI is InChI=1S/C19H21N3O4S/c20-27(25,26)13-15-5-3-14(4-6-15)12-21-19(24)16-7-9-17(10-8-16)22-11-1-2-18(22)23/h3-10H,1-2,11-13H2,(H,21,24)(H2,20,25,26). The Balaban J connectivity index is 1.56. The molecule has 0 aromatic heterocycles.